The van der Waals surface area contributed by atoms with Gasteiger partial charge in [-0.15, -0.1) is 0 Å². The summed E-state index contributed by atoms with van der Waals surface area (Å²) in [6.45, 7) is 1.21. The van der Waals surface area contributed by atoms with E-state index in [1.54, 1.807) is 0 Å². The average molecular weight is 326 g/mol. The van der Waals surface area contributed by atoms with Crippen LogP contribution in [0.3, 0.4) is 0 Å². The van der Waals surface area contributed by atoms with Crippen molar-refractivity contribution in [3.8, 4) is 0 Å². The summed E-state index contributed by atoms with van der Waals surface area (Å²) in [7, 11) is 0. The predicted octanol–water partition coefficient (Wildman–Crippen LogP) is 1.99. The van der Waals surface area contributed by atoms with Crippen LogP contribution < -0.4 is 10.2 Å². The molecule has 1 spiro atoms. The molecule has 8 heteroatoms. The zero-order valence-electron chi connectivity index (χ0n) is 12.4. The smallest absolute Gasteiger partial charge is 0.356 e. The van der Waals surface area contributed by atoms with E-state index in [0.717, 1.165) is 38.1 Å². The third kappa shape index (κ3) is 2.74. The van der Waals surface area contributed by atoms with E-state index < -0.39 is 11.9 Å². The number of halogens is 3. The first-order chi connectivity index (χ1) is 10.9. The number of carbonyl (C=O) groups is 1. The largest absolute Gasteiger partial charge is 0.433 e. The molecule has 23 heavy (non-hydrogen) atoms. The van der Waals surface area contributed by atoms with Crippen LogP contribution >= 0.6 is 0 Å². The number of nitrogens with zero attached hydrogens (tertiary/aromatic N) is 3. The third-order valence-electron chi connectivity index (χ3n) is 5.08. The minimum Gasteiger partial charge on any atom is -0.356 e. The van der Waals surface area contributed by atoms with Gasteiger partial charge < -0.3 is 10.2 Å². The van der Waals surface area contributed by atoms with E-state index in [1.807, 2.05) is 4.90 Å². The highest BCUT2D eigenvalue weighted by molar-refractivity contribution is 5.83. The lowest BCUT2D eigenvalue weighted by Gasteiger charge is -2.18. The van der Waals surface area contributed by atoms with E-state index in [1.165, 1.54) is 0 Å². The molecule has 5 nitrogen and oxygen atoms in total. The number of aromatic nitrogens is 2. The Morgan fingerprint density at radius 1 is 1.35 bits per heavy atom. The molecule has 2 heterocycles. The number of hydrogen-bond acceptors (Lipinski definition) is 4. The van der Waals surface area contributed by atoms with Gasteiger partial charge in [0.05, 0.1) is 0 Å². The van der Waals surface area contributed by atoms with E-state index in [9.17, 15) is 18.0 Å². The number of carbonyl (C=O) groups excluding carboxylic acids is 1. The zero-order chi connectivity index (χ0) is 16.2. The van der Waals surface area contributed by atoms with Gasteiger partial charge in [0.15, 0.2) is 0 Å². The maximum absolute atomic E-state index is 12.8. The molecule has 1 amide bonds. The van der Waals surface area contributed by atoms with E-state index >= 15 is 0 Å². The fourth-order valence-electron chi connectivity index (χ4n) is 3.47. The van der Waals surface area contributed by atoms with Crippen molar-refractivity contribution in [2.75, 3.05) is 18.0 Å². The van der Waals surface area contributed by atoms with Crippen molar-refractivity contribution in [2.24, 2.45) is 11.3 Å². The Bertz CT molecular complexity index is 646. The molecular weight excluding hydrogens is 309 g/mol. The first-order valence-corrected chi connectivity index (χ1v) is 7.82. The van der Waals surface area contributed by atoms with Crippen molar-refractivity contribution in [3.05, 3.63) is 18.1 Å². The Kier molecular flexibility index (Phi) is 3.08. The Morgan fingerprint density at radius 3 is 2.83 bits per heavy atom. The Morgan fingerprint density at radius 2 is 2.13 bits per heavy atom. The molecule has 3 fully saturated rings. The minimum absolute atomic E-state index is 0.00276. The van der Waals surface area contributed by atoms with Crippen LogP contribution in [0.5, 0.6) is 0 Å². The summed E-state index contributed by atoms with van der Waals surface area (Å²) in [6, 6.07) is 1.33. The van der Waals surface area contributed by atoms with E-state index in [0.29, 0.717) is 19.1 Å². The van der Waals surface area contributed by atoms with Crippen LogP contribution in [-0.4, -0.2) is 35.0 Å². The monoisotopic (exact) mass is 326 g/mol. The summed E-state index contributed by atoms with van der Waals surface area (Å²) < 4.78 is 38.3. The van der Waals surface area contributed by atoms with Crippen LogP contribution in [0.25, 0.3) is 0 Å². The molecule has 2 unspecified atom stereocenters. The summed E-state index contributed by atoms with van der Waals surface area (Å²) >= 11 is 0. The van der Waals surface area contributed by atoms with Gasteiger partial charge in [-0.25, -0.2) is 9.97 Å². The van der Waals surface area contributed by atoms with Gasteiger partial charge in [-0.05, 0) is 25.7 Å². The average Bonchev–Trinajstić information content (AvgIpc) is 3.37. The van der Waals surface area contributed by atoms with Crippen molar-refractivity contribution in [1.82, 2.24) is 15.3 Å². The van der Waals surface area contributed by atoms with E-state index in [-0.39, 0.29) is 23.1 Å². The third-order valence-corrected chi connectivity index (χ3v) is 5.08. The second-order valence-electron chi connectivity index (χ2n) is 6.83. The molecular formula is C15H17F3N4O. The maximum atomic E-state index is 12.8. The summed E-state index contributed by atoms with van der Waals surface area (Å²) in [6.07, 6.45) is 0.229. The van der Waals surface area contributed by atoms with Gasteiger partial charge in [0.25, 0.3) is 0 Å². The fraction of sp³-hybridized carbons (Fsp3) is 0.667. The van der Waals surface area contributed by atoms with Gasteiger partial charge in [-0.2, -0.15) is 13.2 Å². The minimum atomic E-state index is -4.47. The standard InChI is InChI=1S/C15H17F3N4O/c16-15(17,18)11-5-12(20-8-19-11)22-4-3-14(7-22)6-10(14)13(23)21-9-1-2-9/h5,8-10H,1-4,6-7H2,(H,21,23). The van der Waals surface area contributed by atoms with Crippen LogP contribution in [0.4, 0.5) is 19.0 Å². The number of alkyl halides is 3. The molecule has 1 N–H and O–H groups in total. The van der Waals surface area contributed by atoms with E-state index in [2.05, 4.69) is 15.3 Å². The quantitative estimate of drug-likeness (QED) is 0.923. The van der Waals surface area contributed by atoms with Crippen molar-refractivity contribution in [3.63, 3.8) is 0 Å². The molecule has 4 rings (SSSR count). The number of amides is 1. The first-order valence-electron chi connectivity index (χ1n) is 7.82. The van der Waals surface area contributed by atoms with Gasteiger partial charge >= 0.3 is 6.18 Å². The molecule has 1 aromatic heterocycles. The number of rotatable bonds is 3. The summed E-state index contributed by atoms with van der Waals surface area (Å²) in [5, 5.41) is 3.02. The molecule has 3 aliphatic rings. The molecule has 0 aromatic carbocycles. The molecule has 2 aliphatic carbocycles. The highest BCUT2D eigenvalue weighted by Gasteiger charge is 2.61. The number of hydrogen-bond donors (Lipinski definition) is 1. The number of nitrogens with one attached hydrogen (secondary N) is 1. The van der Waals surface area contributed by atoms with Gasteiger partial charge in [0.2, 0.25) is 5.91 Å². The lowest BCUT2D eigenvalue weighted by Crippen LogP contribution is -2.30. The highest BCUT2D eigenvalue weighted by Crippen LogP contribution is 2.59. The normalized spacial score (nSPS) is 29.9. The first kappa shape index (κ1) is 14.7. The molecule has 0 radical (unpaired) electrons. The second-order valence-corrected chi connectivity index (χ2v) is 6.83. The van der Waals surface area contributed by atoms with Gasteiger partial charge in [-0.1, -0.05) is 0 Å². The van der Waals surface area contributed by atoms with Crippen LogP contribution in [0, 0.1) is 11.3 Å². The molecule has 2 atom stereocenters. The maximum Gasteiger partial charge on any atom is 0.433 e. The van der Waals surface area contributed by atoms with E-state index in [4.69, 9.17) is 0 Å². The molecule has 2 saturated carbocycles. The molecule has 1 aliphatic heterocycles. The van der Waals surface area contributed by atoms with Crippen LogP contribution in [-0.2, 0) is 11.0 Å². The van der Waals surface area contributed by atoms with Gasteiger partial charge in [-0.3, -0.25) is 4.79 Å². The van der Waals surface area contributed by atoms with Crippen molar-refractivity contribution in [1.29, 1.82) is 0 Å². The van der Waals surface area contributed by atoms with Crippen molar-refractivity contribution < 1.29 is 18.0 Å². The SMILES string of the molecule is O=C(NC1CC1)C1CC12CCN(c1cc(C(F)(F)F)ncn1)C2. The van der Waals surface area contributed by atoms with Gasteiger partial charge in [0.1, 0.15) is 17.8 Å². The zero-order valence-corrected chi connectivity index (χ0v) is 12.4. The van der Waals surface area contributed by atoms with Gasteiger partial charge in [0, 0.05) is 36.5 Å². The van der Waals surface area contributed by atoms with Crippen molar-refractivity contribution >= 4 is 11.7 Å². The predicted molar refractivity (Wildman–Crippen MR) is 75.6 cm³/mol. The Labute approximate surface area is 131 Å². The second kappa shape index (κ2) is 4.82. The summed E-state index contributed by atoms with van der Waals surface area (Å²) in [4.78, 5) is 21.2. The highest BCUT2D eigenvalue weighted by atomic mass is 19.4. The molecule has 1 aromatic rings. The van der Waals surface area contributed by atoms with Crippen LogP contribution in [0.2, 0.25) is 0 Å². The Balaban J connectivity index is 1.44. The van der Waals surface area contributed by atoms with Crippen LogP contribution in [0.15, 0.2) is 12.4 Å². The van der Waals surface area contributed by atoms with Crippen molar-refractivity contribution in [2.45, 2.75) is 37.9 Å². The summed E-state index contributed by atoms with van der Waals surface area (Å²) in [5.74, 6) is 0.391. The fourth-order valence-corrected chi connectivity index (χ4v) is 3.47. The molecule has 1 saturated heterocycles. The lowest BCUT2D eigenvalue weighted by molar-refractivity contribution is -0.141. The summed E-state index contributed by atoms with van der Waals surface area (Å²) in [5.41, 5.74) is -1.01. The molecule has 124 valence electrons. The topological polar surface area (TPSA) is 58.1 Å². The Hall–Kier alpha value is -1.86. The molecule has 0 bridgehead atoms. The lowest BCUT2D eigenvalue weighted by atomic mass is 10.0. The number of anilines is 1. The van der Waals surface area contributed by atoms with Crippen LogP contribution in [0.1, 0.15) is 31.4 Å².